The molecule has 2 saturated carbocycles. The maximum absolute atomic E-state index is 11.8. The topological polar surface area (TPSA) is 84.9 Å². The predicted octanol–water partition coefficient (Wildman–Crippen LogP) is 2.42. The van der Waals surface area contributed by atoms with Gasteiger partial charge in [0.25, 0.3) is 0 Å². The molecule has 0 aromatic carbocycles. The Kier molecular flexibility index (Phi) is 5.00. The van der Waals surface area contributed by atoms with Gasteiger partial charge in [-0.15, -0.1) is 0 Å². The largest absolute Gasteiger partial charge is 0.481 e. The lowest BCUT2D eigenvalue weighted by Gasteiger charge is -2.30. The van der Waals surface area contributed by atoms with Crippen molar-refractivity contribution in [2.75, 3.05) is 19.8 Å². The van der Waals surface area contributed by atoms with Crippen molar-refractivity contribution in [3.05, 3.63) is 0 Å². The molecule has 0 heterocycles. The van der Waals surface area contributed by atoms with E-state index in [4.69, 9.17) is 9.47 Å². The van der Waals surface area contributed by atoms with Gasteiger partial charge in [-0.2, -0.15) is 0 Å². The van der Waals surface area contributed by atoms with Crippen LogP contribution in [0.1, 0.15) is 46.5 Å². The third-order valence-electron chi connectivity index (χ3n) is 4.14. The van der Waals surface area contributed by atoms with Crippen LogP contribution in [0.25, 0.3) is 0 Å². The van der Waals surface area contributed by atoms with Gasteiger partial charge in [-0.05, 0) is 58.3 Å². The first-order valence-corrected chi connectivity index (χ1v) is 8.01. The van der Waals surface area contributed by atoms with Gasteiger partial charge in [-0.1, -0.05) is 0 Å². The van der Waals surface area contributed by atoms with Gasteiger partial charge in [0.15, 0.2) is 0 Å². The maximum atomic E-state index is 11.8. The second-order valence-corrected chi connectivity index (χ2v) is 7.55. The summed E-state index contributed by atoms with van der Waals surface area (Å²) < 4.78 is 10.8. The van der Waals surface area contributed by atoms with Gasteiger partial charge in [-0.25, -0.2) is 4.79 Å². The molecule has 0 aliphatic heterocycles. The number of nitrogens with one attached hydrogen (secondary N) is 1. The Morgan fingerprint density at radius 2 is 1.82 bits per heavy atom. The fourth-order valence-corrected chi connectivity index (χ4v) is 2.50. The highest BCUT2D eigenvalue weighted by Crippen LogP contribution is 2.46. The van der Waals surface area contributed by atoms with Gasteiger partial charge in [0.1, 0.15) is 11.0 Å². The summed E-state index contributed by atoms with van der Waals surface area (Å²) >= 11 is 0. The van der Waals surface area contributed by atoms with Crippen molar-refractivity contribution < 1.29 is 24.2 Å². The standard InChI is InChI=1S/C16H27NO5/c1-15(2,3)22-14(20)17-9-16(13(18)19,12-6-7-12)10-21-8-11-4-5-11/h11-12H,4-10H2,1-3H3,(H,17,20)(H,18,19). The first-order valence-electron chi connectivity index (χ1n) is 8.01. The van der Waals surface area contributed by atoms with Gasteiger partial charge in [0.05, 0.1) is 6.61 Å². The van der Waals surface area contributed by atoms with Crippen LogP contribution in [0.2, 0.25) is 0 Å². The van der Waals surface area contributed by atoms with Crippen molar-refractivity contribution in [2.24, 2.45) is 17.3 Å². The van der Waals surface area contributed by atoms with Crippen molar-refractivity contribution in [1.82, 2.24) is 5.32 Å². The van der Waals surface area contributed by atoms with E-state index < -0.39 is 23.1 Å². The Balaban J connectivity index is 1.91. The minimum absolute atomic E-state index is 0.0482. The second kappa shape index (κ2) is 6.44. The van der Waals surface area contributed by atoms with Crippen molar-refractivity contribution in [2.45, 2.75) is 52.1 Å². The van der Waals surface area contributed by atoms with Crippen LogP contribution in [0.4, 0.5) is 4.79 Å². The number of hydrogen-bond acceptors (Lipinski definition) is 4. The fourth-order valence-electron chi connectivity index (χ4n) is 2.50. The van der Waals surface area contributed by atoms with Crippen molar-refractivity contribution in [3.63, 3.8) is 0 Å². The van der Waals surface area contributed by atoms with Crippen LogP contribution in [-0.2, 0) is 14.3 Å². The van der Waals surface area contributed by atoms with E-state index in [1.54, 1.807) is 20.8 Å². The summed E-state index contributed by atoms with van der Waals surface area (Å²) in [5, 5.41) is 12.3. The van der Waals surface area contributed by atoms with E-state index in [0.29, 0.717) is 12.5 Å². The molecule has 0 aromatic rings. The summed E-state index contributed by atoms with van der Waals surface area (Å²) in [7, 11) is 0. The minimum Gasteiger partial charge on any atom is -0.481 e. The third kappa shape index (κ3) is 4.87. The molecule has 2 fully saturated rings. The van der Waals surface area contributed by atoms with Gasteiger partial charge in [-0.3, -0.25) is 4.79 Å². The third-order valence-corrected chi connectivity index (χ3v) is 4.14. The lowest BCUT2D eigenvalue weighted by atomic mass is 9.83. The van der Waals surface area contributed by atoms with E-state index >= 15 is 0 Å². The highest BCUT2D eigenvalue weighted by atomic mass is 16.6. The van der Waals surface area contributed by atoms with Crippen LogP contribution < -0.4 is 5.32 Å². The Bertz CT molecular complexity index is 423. The van der Waals surface area contributed by atoms with Gasteiger partial charge in [0, 0.05) is 13.2 Å². The van der Waals surface area contributed by atoms with Crippen LogP contribution in [0.3, 0.4) is 0 Å². The number of aliphatic carboxylic acids is 1. The number of ether oxygens (including phenoxy) is 2. The maximum Gasteiger partial charge on any atom is 0.407 e. The smallest absolute Gasteiger partial charge is 0.407 e. The molecule has 6 nitrogen and oxygen atoms in total. The molecule has 6 heteroatoms. The molecule has 2 N–H and O–H groups in total. The van der Waals surface area contributed by atoms with E-state index in [-0.39, 0.29) is 19.1 Å². The second-order valence-electron chi connectivity index (χ2n) is 7.55. The number of hydrogen-bond donors (Lipinski definition) is 2. The molecule has 1 atom stereocenters. The number of carboxylic acid groups (broad SMARTS) is 1. The minimum atomic E-state index is -1.04. The average Bonchev–Trinajstić information content (AvgIpc) is 3.24. The number of carbonyl (C=O) groups is 2. The molecule has 1 amide bonds. The Morgan fingerprint density at radius 1 is 1.18 bits per heavy atom. The number of carbonyl (C=O) groups excluding carboxylic acids is 1. The molecular weight excluding hydrogens is 286 g/mol. The number of carboxylic acids is 1. The zero-order valence-corrected chi connectivity index (χ0v) is 13.7. The number of rotatable bonds is 8. The SMILES string of the molecule is CC(C)(C)OC(=O)NCC(COCC1CC1)(C(=O)O)C1CC1. The van der Waals surface area contributed by atoms with Crippen molar-refractivity contribution in [1.29, 1.82) is 0 Å². The highest BCUT2D eigenvalue weighted by Gasteiger charge is 2.52. The molecule has 2 rings (SSSR count). The van der Waals surface area contributed by atoms with Crippen LogP contribution in [0, 0.1) is 17.3 Å². The Labute approximate surface area is 131 Å². The predicted molar refractivity (Wildman–Crippen MR) is 80.6 cm³/mol. The average molecular weight is 313 g/mol. The summed E-state index contributed by atoms with van der Waals surface area (Å²) in [6.07, 6.45) is 3.49. The monoisotopic (exact) mass is 313 g/mol. The van der Waals surface area contributed by atoms with E-state index in [1.165, 1.54) is 12.8 Å². The molecular formula is C16H27NO5. The molecule has 2 aliphatic carbocycles. The zero-order valence-electron chi connectivity index (χ0n) is 13.7. The molecule has 0 saturated heterocycles. The fraction of sp³-hybridized carbons (Fsp3) is 0.875. The van der Waals surface area contributed by atoms with E-state index in [1.807, 2.05) is 0 Å². The lowest BCUT2D eigenvalue weighted by Crippen LogP contribution is -2.49. The summed E-state index contributed by atoms with van der Waals surface area (Å²) in [6.45, 7) is 6.14. The normalized spacial score (nSPS) is 21.0. The highest BCUT2D eigenvalue weighted by molar-refractivity contribution is 5.77. The molecule has 1 unspecified atom stereocenters. The van der Waals surface area contributed by atoms with E-state index in [9.17, 15) is 14.7 Å². The molecule has 0 radical (unpaired) electrons. The first kappa shape index (κ1) is 17.1. The van der Waals surface area contributed by atoms with Crippen LogP contribution in [0.15, 0.2) is 0 Å². The van der Waals surface area contributed by atoms with Crippen molar-refractivity contribution >= 4 is 12.1 Å². The molecule has 0 aromatic heterocycles. The number of amides is 1. The quantitative estimate of drug-likeness (QED) is 0.719. The van der Waals surface area contributed by atoms with E-state index in [0.717, 1.165) is 12.8 Å². The van der Waals surface area contributed by atoms with Crippen LogP contribution >= 0.6 is 0 Å². The van der Waals surface area contributed by atoms with Gasteiger partial charge in [0.2, 0.25) is 0 Å². The lowest BCUT2D eigenvalue weighted by molar-refractivity contribution is -0.154. The Hall–Kier alpha value is -1.30. The van der Waals surface area contributed by atoms with Gasteiger partial charge < -0.3 is 19.9 Å². The summed E-state index contributed by atoms with van der Waals surface area (Å²) in [4.78, 5) is 23.6. The summed E-state index contributed by atoms with van der Waals surface area (Å²) in [6, 6.07) is 0. The Morgan fingerprint density at radius 3 is 2.27 bits per heavy atom. The molecule has 0 spiro atoms. The van der Waals surface area contributed by atoms with E-state index in [2.05, 4.69) is 5.32 Å². The van der Waals surface area contributed by atoms with Gasteiger partial charge >= 0.3 is 12.1 Å². The number of alkyl carbamates (subject to hydrolysis) is 1. The molecule has 126 valence electrons. The van der Waals surface area contributed by atoms with Crippen LogP contribution in [0.5, 0.6) is 0 Å². The molecule has 0 bridgehead atoms. The molecule has 2 aliphatic rings. The first-order chi connectivity index (χ1) is 10.2. The molecule has 22 heavy (non-hydrogen) atoms. The zero-order chi connectivity index (χ0) is 16.4. The van der Waals surface area contributed by atoms with Crippen LogP contribution in [-0.4, -0.2) is 42.5 Å². The van der Waals surface area contributed by atoms with Crippen molar-refractivity contribution in [3.8, 4) is 0 Å². The summed E-state index contributed by atoms with van der Waals surface area (Å²) in [5.41, 5.74) is -1.64. The summed E-state index contributed by atoms with van der Waals surface area (Å²) in [5.74, 6) is -0.245.